The predicted octanol–water partition coefficient (Wildman–Crippen LogP) is 3.01. The summed E-state index contributed by atoms with van der Waals surface area (Å²) in [6, 6.07) is 7.88. The quantitative estimate of drug-likeness (QED) is 0.694. The van der Waals surface area contributed by atoms with E-state index in [2.05, 4.69) is 26.9 Å². The first-order valence-corrected chi connectivity index (χ1v) is 7.03. The highest BCUT2D eigenvalue weighted by atomic mass is 19.3. The van der Waals surface area contributed by atoms with Gasteiger partial charge >= 0.3 is 0 Å². The van der Waals surface area contributed by atoms with Crippen molar-refractivity contribution < 1.29 is 13.2 Å². The third-order valence-electron chi connectivity index (χ3n) is 3.08. The van der Waals surface area contributed by atoms with E-state index in [1.807, 2.05) is 0 Å². The molecule has 3 rings (SSSR count). The van der Waals surface area contributed by atoms with E-state index in [9.17, 15) is 13.2 Å². The number of hydrogen-bond acceptors (Lipinski definition) is 3. The molecule has 0 aliphatic carbocycles. The van der Waals surface area contributed by atoms with Gasteiger partial charge in [0.25, 0.3) is 0 Å². The van der Waals surface area contributed by atoms with Crippen LogP contribution in [0.5, 0.6) is 0 Å². The molecule has 0 saturated carbocycles. The third kappa shape index (κ3) is 3.79. The summed E-state index contributed by atoms with van der Waals surface area (Å²) >= 11 is 0. The van der Waals surface area contributed by atoms with Crippen LogP contribution in [0.25, 0.3) is 5.82 Å². The molecule has 0 unspecified atom stereocenters. The standard InChI is InChI=1S/C17H11F3N4/c18-13-5-7-17(22-10-13)24-11-12(15(23-24)9-16(19)20)4-6-14-3-1-2-8-21-14/h1-3,5,7-8,10-11,16H,9H2. The van der Waals surface area contributed by atoms with Gasteiger partial charge in [-0.15, -0.1) is 0 Å². The summed E-state index contributed by atoms with van der Waals surface area (Å²) in [5.41, 5.74) is 1.03. The second-order valence-electron chi connectivity index (χ2n) is 4.83. The molecule has 0 fully saturated rings. The highest BCUT2D eigenvalue weighted by molar-refractivity contribution is 5.43. The van der Waals surface area contributed by atoms with Crippen LogP contribution in [-0.4, -0.2) is 26.2 Å². The minimum atomic E-state index is -2.55. The summed E-state index contributed by atoms with van der Waals surface area (Å²) in [5.74, 6) is 5.44. The van der Waals surface area contributed by atoms with Crippen molar-refractivity contribution >= 4 is 0 Å². The van der Waals surface area contributed by atoms with E-state index in [0.717, 1.165) is 6.20 Å². The Morgan fingerprint density at radius 1 is 1.08 bits per heavy atom. The Balaban J connectivity index is 1.98. The van der Waals surface area contributed by atoms with Crippen LogP contribution in [0, 0.1) is 17.7 Å². The molecule has 0 saturated heterocycles. The van der Waals surface area contributed by atoms with Crippen LogP contribution in [0.2, 0.25) is 0 Å². The summed E-state index contributed by atoms with van der Waals surface area (Å²) in [6.45, 7) is 0. The lowest BCUT2D eigenvalue weighted by atomic mass is 10.2. The van der Waals surface area contributed by atoms with Gasteiger partial charge in [-0.25, -0.2) is 27.8 Å². The molecule has 3 aromatic rings. The van der Waals surface area contributed by atoms with Crippen molar-refractivity contribution in [3.63, 3.8) is 0 Å². The number of nitrogens with zero attached hydrogens (tertiary/aromatic N) is 4. The van der Waals surface area contributed by atoms with Gasteiger partial charge < -0.3 is 0 Å². The van der Waals surface area contributed by atoms with Crippen molar-refractivity contribution in [1.82, 2.24) is 19.7 Å². The molecule has 120 valence electrons. The number of halogens is 3. The Kier molecular flexibility index (Phi) is 4.57. The minimum absolute atomic E-state index is 0.152. The SMILES string of the molecule is Fc1ccc(-n2cc(C#Cc3ccccn3)c(CC(F)F)n2)nc1. The maximum atomic E-state index is 12.9. The molecule has 0 N–H and O–H groups in total. The lowest BCUT2D eigenvalue weighted by Gasteiger charge is -1.99. The van der Waals surface area contributed by atoms with Crippen LogP contribution in [0.15, 0.2) is 48.9 Å². The van der Waals surface area contributed by atoms with E-state index in [1.54, 1.807) is 24.4 Å². The maximum Gasteiger partial charge on any atom is 0.244 e. The molecule has 0 bridgehead atoms. The molecule has 7 heteroatoms. The van der Waals surface area contributed by atoms with Crippen molar-refractivity contribution in [3.8, 4) is 17.7 Å². The van der Waals surface area contributed by atoms with E-state index in [4.69, 9.17) is 0 Å². The molecule has 0 spiro atoms. The molecule has 24 heavy (non-hydrogen) atoms. The molecule has 3 heterocycles. The Morgan fingerprint density at radius 2 is 1.96 bits per heavy atom. The lowest BCUT2D eigenvalue weighted by molar-refractivity contribution is 0.147. The Hall–Kier alpha value is -3.14. The highest BCUT2D eigenvalue weighted by Crippen LogP contribution is 2.14. The number of hydrogen-bond donors (Lipinski definition) is 0. The smallest absolute Gasteiger partial charge is 0.244 e. The zero-order valence-electron chi connectivity index (χ0n) is 12.3. The van der Waals surface area contributed by atoms with Gasteiger partial charge in [-0.3, -0.25) is 0 Å². The van der Waals surface area contributed by atoms with Crippen LogP contribution in [-0.2, 0) is 6.42 Å². The minimum Gasteiger partial charge on any atom is -0.248 e. The molecule has 0 atom stereocenters. The van der Waals surface area contributed by atoms with Gasteiger partial charge in [-0.2, -0.15) is 5.10 Å². The first kappa shape index (κ1) is 15.7. The average molecular weight is 328 g/mol. The fraction of sp³-hybridized carbons (Fsp3) is 0.118. The monoisotopic (exact) mass is 328 g/mol. The van der Waals surface area contributed by atoms with E-state index in [1.165, 1.54) is 23.0 Å². The lowest BCUT2D eigenvalue weighted by Crippen LogP contribution is -2.02. The first-order chi connectivity index (χ1) is 11.6. The number of pyridine rings is 2. The largest absolute Gasteiger partial charge is 0.248 e. The summed E-state index contributed by atoms with van der Waals surface area (Å²) < 4.78 is 39.8. The summed E-state index contributed by atoms with van der Waals surface area (Å²) in [7, 11) is 0. The topological polar surface area (TPSA) is 43.6 Å². The second kappa shape index (κ2) is 6.96. The van der Waals surface area contributed by atoms with Crippen molar-refractivity contribution in [2.75, 3.05) is 0 Å². The van der Waals surface area contributed by atoms with Crippen LogP contribution >= 0.6 is 0 Å². The fourth-order valence-corrected chi connectivity index (χ4v) is 2.00. The van der Waals surface area contributed by atoms with E-state index >= 15 is 0 Å². The second-order valence-corrected chi connectivity index (χ2v) is 4.83. The van der Waals surface area contributed by atoms with E-state index < -0.39 is 18.7 Å². The van der Waals surface area contributed by atoms with Gasteiger partial charge in [-0.1, -0.05) is 12.0 Å². The number of rotatable bonds is 3. The zero-order chi connectivity index (χ0) is 16.9. The Labute approximate surface area is 136 Å². The van der Waals surface area contributed by atoms with Crippen LogP contribution < -0.4 is 0 Å². The molecule has 0 aliphatic rings. The van der Waals surface area contributed by atoms with Gasteiger partial charge in [0.1, 0.15) is 11.5 Å². The molecular weight excluding hydrogens is 317 g/mol. The Bertz CT molecular complexity index is 878. The molecule has 0 radical (unpaired) electrons. The normalized spacial score (nSPS) is 10.5. The fourth-order valence-electron chi connectivity index (χ4n) is 2.00. The van der Waals surface area contributed by atoms with Crippen LogP contribution in [0.1, 0.15) is 17.0 Å². The van der Waals surface area contributed by atoms with Crippen LogP contribution in [0.4, 0.5) is 13.2 Å². The number of alkyl halides is 2. The number of aromatic nitrogens is 4. The summed E-state index contributed by atoms with van der Waals surface area (Å²) in [5, 5.41) is 4.09. The third-order valence-corrected chi connectivity index (χ3v) is 3.08. The van der Waals surface area contributed by atoms with Gasteiger partial charge in [0.15, 0.2) is 5.82 Å². The van der Waals surface area contributed by atoms with E-state index in [-0.39, 0.29) is 5.69 Å². The van der Waals surface area contributed by atoms with Crippen molar-refractivity contribution in [2.24, 2.45) is 0 Å². The van der Waals surface area contributed by atoms with Crippen molar-refractivity contribution in [3.05, 3.63) is 71.7 Å². The zero-order valence-corrected chi connectivity index (χ0v) is 12.3. The van der Waals surface area contributed by atoms with Gasteiger partial charge in [0.2, 0.25) is 6.43 Å². The summed E-state index contributed by atoms with van der Waals surface area (Å²) in [4.78, 5) is 7.93. The van der Waals surface area contributed by atoms with Gasteiger partial charge in [0.05, 0.1) is 23.9 Å². The molecule has 4 nitrogen and oxygen atoms in total. The first-order valence-electron chi connectivity index (χ1n) is 7.03. The molecule has 0 aromatic carbocycles. The highest BCUT2D eigenvalue weighted by Gasteiger charge is 2.14. The molecule has 0 aliphatic heterocycles. The van der Waals surface area contributed by atoms with Crippen molar-refractivity contribution in [2.45, 2.75) is 12.8 Å². The molecular formula is C17H11F3N4. The average Bonchev–Trinajstić information content (AvgIpc) is 2.96. The molecule has 0 amide bonds. The predicted molar refractivity (Wildman–Crippen MR) is 81.2 cm³/mol. The van der Waals surface area contributed by atoms with Gasteiger partial charge in [-0.05, 0) is 30.2 Å². The van der Waals surface area contributed by atoms with Gasteiger partial charge in [0, 0.05) is 12.4 Å². The Morgan fingerprint density at radius 3 is 2.62 bits per heavy atom. The molecule has 3 aromatic heterocycles. The van der Waals surface area contributed by atoms with Crippen LogP contribution in [0.3, 0.4) is 0 Å². The summed E-state index contributed by atoms with van der Waals surface area (Å²) in [6.07, 6.45) is 1.04. The maximum absolute atomic E-state index is 12.9. The van der Waals surface area contributed by atoms with Crippen molar-refractivity contribution in [1.29, 1.82) is 0 Å². The van der Waals surface area contributed by atoms with E-state index in [0.29, 0.717) is 17.1 Å².